The van der Waals surface area contributed by atoms with Crippen LogP contribution in [0, 0.1) is 12.7 Å². The number of halogens is 1. The Balaban J connectivity index is 2.12. The maximum Gasteiger partial charge on any atom is 0.252 e. The summed E-state index contributed by atoms with van der Waals surface area (Å²) in [4.78, 5) is 12.3. The van der Waals surface area contributed by atoms with E-state index in [1.165, 1.54) is 12.1 Å². The highest BCUT2D eigenvalue weighted by Gasteiger charge is 2.13. The molecular formula is C17H19FN2O. The minimum atomic E-state index is -0.282. The van der Waals surface area contributed by atoms with Gasteiger partial charge in [0.1, 0.15) is 5.82 Å². The van der Waals surface area contributed by atoms with Crippen LogP contribution in [0.15, 0.2) is 42.5 Å². The molecule has 3 nitrogen and oxygen atoms in total. The van der Waals surface area contributed by atoms with Crippen LogP contribution in [0.4, 0.5) is 10.1 Å². The molecular weight excluding hydrogens is 267 g/mol. The normalized spacial score (nSPS) is 11.8. The zero-order valence-electron chi connectivity index (χ0n) is 12.4. The predicted molar refractivity (Wildman–Crippen MR) is 83.0 cm³/mol. The van der Waals surface area contributed by atoms with Gasteiger partial charge >= 0.3 is 0 Å². The van der Waals surface area contributed by atoms with E-state index in [9.17, 15) is 9.18 Å². The molecule has 0 saturated heterocycles. The summed E-state index contributed by atoms with van der Waals surface area (Å²) < 4.78 is 12.9. The molecule has 1 atom stereocenters. The quantitative estimate of drug-likeness (QED) is 0.900. The summed E-state index contributed by atoms with van der Waals surface area (Å²) in [5.74, 6) is -0.414. The highest BCUT2D eigenvalue weighted by molar-refractivity contribution is 5.96. The van der Waals surface area contributed by atoms with Crippen LogP contribution in [-0.2, 0) is 0 Å². The Morgan fingerprint density at radius 3 is 2.38 bits per heavy atom. The van der Waals surface area contributed by atoms with Crippen molar-refractivity contribution in [3.8, 4) is 0 Å². The lowest BCUT2D eigenvalue weighted by Gasteiger charge is -2.16. The first kappa shape index (κ1) is 15.0. The van der Waals surface area contributed by atoms with Crippen LogP contribution in [0.3, 0.4) is 0 Å². The molecule has 0 radical (unpaired) electrons. The second-order valence-electron chi connectivity index (χ2n) is 5.03. The molecule has 0 fully saturated rings. The molecule has 0 saturated carbocycles. The van der Waals surface area contributed by atoms with Gasteiger partial charge < -0.3 is 10.6 Å². The number of aryl methyl sites for hydroxylation is 1. The molecule has 0 aromatic heterocycles. The Hall–Kier alpha value is -2.36. The lowest BCUT2D eigenvalue weighted by Crippen LogP contribution is -2.27. The third kappa shape index (κ3) is 3.60. The van der Waals surface area contributed by atoms with Gasteiger partial charge in [0.25, 0.3) is 5.91 Å². The largest absolute Gasteiger partial charge is 0.388 e. The van der Waals surface area contributed by atoms with E-state index in [2.05, 4.69) is 10.6 Å². The Morgan fingerprint density at radius 2 is 1.81 bits per heavy atom. The van der Waals surface area contributed by atoms with E-state index in [1.807, 2.05) is 33.0 Å². The lowest BCUT2D eigenvalue weighted by molar-refractivity contribution is 0.0939. The summed E-state index contributed by atoms with van der Waals surface area (Å²) in [6.45, 7) is 3.78. The molecule has 1 unspecified atom stereocenters. The van der Waals surface area contributed by atoms with Crippen molar-refractivity contribution in [1.82, 2.24) is 5.32 Å². The van der Waals surface area contributed by atoms with Gasteiger partial charge in [0, 0.05) is 18.3 Å². The SMILES string of the molecule is CNc1ccc(C(=O)NC(C)c2ccc(F)cc2)c(C)c1. The fourth-order valence-corrected chi connectivity index (χ4v) is 2.18. The first-order valence-electron chi connectivity index (χ1n) is 6.86. The molecule has 2 rings (SSSR count). The highest BCUT2D eigenvalue weighted by Crippen LogP contribution is 2.17. The topological polar surface area (TPSA) is 41.1 Å². The number of nitrogens with one attached hydrogen (secondary N) is 2. The molecule has 1 amide bonds. The van der Waals surface area contributed by atoms with E-state index in [1.54, 1.807) is 18.2 Å². The van der Waals surface area contributed by atoms with Crippen LogP contribution < -0.4 is 10.6 Å². The fourth-order valence-electron chi connectivity index (χ4n) is 2.18. The summed E-state index contributed by atoms with van der Waals surface area (Å²) >= 11 is 0. The Labute approximate surface area is 124 Å². The number of carbonyl (C=O) groups excluding carboxylic acids is 1. The van der Waals surface area contributed by atoms with Crippen molar-refractivity contribution < 1.29 is 9.18 Å². The number of hydrogen-bond acceptors (Lipinski definition) is 2. The molecule has 4 heteroatoms. The van der Waals surface area contributed by atoms with Gasteiger partial charge in [-0.3, -0.25) is 4.79 Å². The van der Waals surface area contributed by atoms with Crippen molar-refractivity contribution in [3.05, 3.63) is 65.0 Å². The van der Waals surface area contributed by atoms with Gasteiger partial charge in [-0.1, -0.05) is 12.1 Å². The highest BCUT2D eigenvalue weighted by atomic mass is 19.1. The molecule has 2 N–H and O–H groups in total. The van der Waals surface area contributed by atoms with Gasteiger partial charge in [-0.05, 0) is 55.3 Å². The lowest BCUT2D eigenvalue weighted by atomic mass is 10.0. The first-order valence-corrected chi connectivity index (χ1v) is 6.86. The number of amides is 1. The van der Waals surface area contributed by atoms with Crippen LogP contribution in [0.1, 0.15) is 34.5 Å². The third-order valence-electron chi connectivity index (χ3n) is 3.48. The first-order chi connectivity index (χ1) is 10.0. The van der Waals surface area contributed by atoms with Gasteiger partial charge in [0.05, 0.1) is 6.04 Å². The fraction of sp³-hybridized carbons (Fsp3) is 0.235. The molecule has 110 valence electrons. The van der Waals surface area contributed by atoms with Crippen LogP contribution in [0.25, 0.3) is 0 Å². The molecule has 0 spiro atoms. The molecule has 2 aromatic rings. The summed E-state index contributed by atoms with van der Waals surface area (Å²) in [5, 5.41) is 5.97. The van der Waals surface area contributed by atoms with E-state index in [4.69, 9.17) is 0 Å². The zero-order valence-corrected chi connectivity index (χ0v) is 12.4. The maximum absolute atomic E-state index is 12.9. The second kappa shape index (κ2) is 6.39. The maximum atomic E-state index is 12.9. The predicted octanol–water partition coefficient (Wildman–Crippen LogP) is 3.67. The monoisotopic (exact) mass is 286 g/mol. The van der Waals surface area contributed by atoms with Crippen molar-refractivity contribution in [2.24, 2.45) is 0 Å². The second-order valence-corrected chi connectivity index (χ2v) is 5.03. The van der Waals surface area contributed by atoms with E-state index in [0.29, 0.717) is 5.56 Å². The van der Waals surface area contributed by atoms with Crippen LogP contribution in [0.2, 0.25) is 0 Å². The standard InChI is InChI=1S/C17H19FN2O/c1-11-10-15(19-3)8-9-16(11)17(21)20-12(2)13-4-6-14(18)7-5-13/h4-10,12,19H,1-3H3,(H,20,21). The van der Waals surface area contributed by atoms with Gasteiger partial charge in [-0.2, -0.15) is 0 Å². The molecule has 21 heavy (non-hydrogen) atoms. The van der Waals surface area contributed by atoms with E-state index in [0.717, 1.165) is 16.8 Å². The molecule has 0 bridgehead atoms. The van der Waals surface area contributed by atoms with Gasteiger partial charge in [-0.25, -0.2) is 4.39 Å². The van der Waals surface area contributed by atoms with Gasteiger partial charge in [-0.15, -0.1) is 0 Å². The third-order valence-corrected chi connectivity index (χ3v) is 3.48. The minimum Gasteiger partial charge on any atom is -0.388 e. The Bertz CT molecular complexity index is 638. The summed E-state index contributed by atoms with van der Waals surface area (Å²) in [6, 6.07) is 11.6. The van der Waals surface area contributed by atoms with Gasteiger partial charge in [0.15, 0.2) is 0 Å². The van der Waals surface area contributed by atoms with Crippen molar-refractivity contribution in [1.29, 1.82) is 0 Å². The van der Waals surface area contributed by atoms with Crippen molar-refractivity contribution >= 4 is 11.6 Å². The zero-order chi connectivity index (χ0) is 15.4. The molecule has 2 aromatic carbocycles. The number of rotatable bonds is 4. The summed E-state index contributed by atoms with van der Waals surface area (Å²) in [5.41, 5.74) is 3.39. The average Bonchev–Trinajstić information content (AvgIpc) is 2.47. The van der Waals surface area contributed by atoms with Gasteiger partial charge in [0.2, 0.25) is 0 Å². The van der Waals surface area contributed by atoms with E-state index in [-0.39, 0.29) is 17.8 Å². The molecule has 0 aliphatic rings. The van der Waals surface area contributed by atoms with Crippen LogP contribution in [0.5, 0.6) is 0 Å². The van der Waals surface area contributed by atoms with Crippen LogP contribution >= 0.6 is 0 Å². The number of carbonyl (C=O) groups is 1. The summed E-state index contributed by atoms with van der Waals surface area (Å²) in [7, 11) is 1.84. The van der Waals surface area contributed by atoms with Crippen molar-refractivity contribution in [2.75, 3.05) is 12.4 Å². The van der Waals surface area contributed by atoms with Crippen molar-refractivity contribution in [3.63, 3.8) is 0 Å². The number of anilines is 1. The Morgan fingerprint density at radius 1 is 1.14 bits per heavy atom. The Kier molecular flexibility index (Phi) is 4.58. The van der Waals surface area contributed by atoms with Crippen LogP contribution in [-0.4, -0.2) is 13.0 Å². The summed E-state index contributed by atoms with van der Waals surface area (Å²) in [6.07, 6.45) is 0. The average molecular weight is 286 g/mol. The molecule has 0 aliphatic heterocycles. The molecule has 0 heterocycles. The van der Waals surface area contributed by atoms with E-state index < -0.39 is 0 Å². The van der Waals surface area contributed by atoms with E-state index >= 15 is 0 Å². The molecule has 0 aliphatic carbocycles. The smallest absolute Gasteiger partial charge is 0.252 e. The number of benzene rings is 2. The number of hydrogen-bond donors (Lipinski definition) is 2. The van der Waals surface area contributed by atoms with Crippen molar-refractivity contribution in [2.45, 2.75) is 19.9 Å². The minimum absolute atomic E-state index is 0.132.